The molecular weight excluding hydrogens is 1020 g/mol. The van der Waals surface area contributed by atoms with Crippen LogP contribution in [0.3, 0.4) is 0 Å². The Morgan fingerprint density at radius 2 is 0.470 bits per heavy atom. The molecule has 0 aliphatic heterocycles. The monoisotopic (exact) mass is 1150 g/mol. The lowest BCUT2D eigenvalue weighted by Gasteiger charge is -2.18. The predicted molar refractivity (Wildman–Crippen MR) is 362 cm³/mol. The molecule has 0 aliphatic rings. The highest BCUT2D eigenvalue weighted by Crippen LogP contribution is 2.18. The van der Waals surface area contributed by atoms with Crippen LogP contribution in [0.2, 0.25) is 0 Å². The van der Waals surface area contributed by atoms with E-state index in [1.54, 1.807) is 0 Å². The van der Waals surface area contributed by atoms with E-state index in [1.807, 2.05) is 0 Å². The Kier molecular flexibility index (Phi) is 67.2. The third kappa shape index (κ3) is 68.7. The zero-order chi connectivity index (χ0) is 59.9. The summed E-state index contributed by atoms with van der Waals surface area (Å²) in [7, 11) is 0. The quantitative estimate of drug-likeness (QED) is 0.0261. The molecule has 0 spiro atoms. The summed E-state index contributed by atoms with van der Waals surface area (Å²) in [5.74, 6) is -0.913. The van der Waals surface area contributed by atoms with Crippen LogP contribution in [0.5, 0.6) is 0 Å². The van der Waals surface area contributed by atoms with Crippen LogP contribution in [0.4, 0.5) is 0 Å². The highest BCUT2D eigenvalue weighted by molar-refractivity contribution is 5.71. The third-order valence-electron chi connectivity index (χ3n) is 15.3. The Labute approximate surface area is 514 Å². The standard InChI is InChI=1S/C77H132O6/c1-4-7-10-13-16-19-22-25-28-30-31-32-33-34-35-36-37-38-39-40-41-42-43-44-45-47-49-52-55-58-61-64-67-70-76(79)82-73-74(72-81-75(78)69-66-63-60-57-54-51-48-27-24-21-18-15-12-9-6-3)83-77(80)71-68-65-62-59-56-53-50-46-29-26-23-20-17-14-11-8-5-2/h7,9-10,12,16,18-19,21,25,27-28,31-32,34-35,48,54,57,74H,4-6,8,11,13-15,17,20,22-24,26,29-30,33,36-47,49-53,55-56,58-73H2,1-3H3/b10-7-,12-9-,19-16-,21-18-,28-25-,32-31-,35-34-,48-27-,57-54-. The molecule has 0 amide bonds. The molecule has 0 saturated heterocycles. The topological polar surface area (TPSA) is 78.9 Å². The molecule has 6 heteroatoms. The van der Waals surface area contributed by atoms with Crippen LogP contribution < -0.4 is 0 Å². The van der Waals surface area contributed by atoms with Gasteiger partial charge in [-0.1, -0.05) is 329 Å². The fourth-order valence-electron chi connectivity index (χ4n) is 10.1. The van der Waals surface area contributed by atoms with Gasteiger partial charge in [-0.25, -0.2) is 0 Å². The van der Waals surface area contributed by atoms with Crippen LogP contribution in [0.25, 0.3) is 0 Å². The SMILES string of the molecule is CC/C=C\C/C=C\C/C=C\C/C=C\C/C=C\CCCCCCCCCCCCCCCCCCCC(=O)OCC(COC(=O)CCCC/C=C\C/C=C\C/C=C\C/C=C\CC)OC(=O)CCCCCCCCCCCCCCCCCCC. The Hall–Kier alpha value is -3.93. The number of carbonyl (C=O) groups excluding carboxylic acids is 3. The maximum atomic E-state index is 12.9. The first-order valence-electron chi connectivity index (χ1n) is 35.4. The van der Waals surface area contributed by atoms with Crippen LogP contribution in [-0.4, -0.2) is 37.2 Å². The summed E-state index contributed by atoms with van der Waals surface area (Å²) in [6.07, 6.45) is 97.0. The minimum Gasteiger partial charge on any atom is -0.462 e. The van der Waals surface area contributed by atoms with E-state index < -0.39 is 6.10 Å². The fourth-order valence-corrected chi connectivity index (χ4v) is 10.1. The summed E-state index contributed by atoms with van der Waals surface area (Å²) < 4.78 is 16.9. The molecule has 1 atom stereocenters. The molecule has 83 heavy (non-hydrogen) atoms. The predicted octanol–water partition coefficient (Wildman–Crippen LogP) is 24.6. The molecule has 0 fully saturated rings. The molecule has 0 N–H and O–H groups in total. The molecule has 0 aromatic rings. The molecule has 0 bridgehead atoms. The number of allylic oxidation sites excluding steroid dienone is 18. The van der Waals surface area contributed by atoms with Gasteiger partial charge in [-0.2, -0.15) is 0 Å². The van der Waals surface area contributed by atoms with Crippen molar-refractivity contribution in [1.29, 1.82) is 0 Å². The van der Waals surface area contributed by atoms with Gasteiger partial charge in [-0.3, -0.25) is 14.4 Å². The largest absolute Gasteiger partial charge is 0.462 e. The van der Waals surface area contributed by atoms with E-state index in [2.05, 4.69) is 130 Å². The average molecular weight is 1150 g/mol. The Bertz CT molecular complexity index is 1660. The second-order valence-electron chi connectivity index (χ2n) is 23.4. The lowest BCUT2D eigenvalue weighted by atomic mass is 10.0. The molecule has 1 unspecified atom stereocenters. The van der Waals surface area contributed by atoms with E-state index in [9.17, 15) is 14.4 Å². The first-order valence-corrected chi connectivity index (χ1v) is 35.4. The lowest BCUT2D eigenvalue weighted by Crippen LogP contribution is -2.30. The number of hydrogen-bond donors (Lipinski definition) is 0. The normalized spacial score (nSPS) is 12.8. The van der Waals surface area contributed by atoms with Gasteiger partial charge in [0.15, 0.2) is 6.10 Å². The van der Waals surface area contributed by atoms with E-state index in [1.165, 1.54) is 186 Å². The second kappa shape index (κ2) is 70.6. The molecule has 0 aromatic carbocycles. The summed E-state index contributed by atoms with van der Waals surface area (Å²) in [6, 6.07) is 0. The smallest absolute Gasteiger partial charge is 0.306 e. The Balaban J connectivity index is 4.22. The highest BCUT2D eigenvalue weighted by Gasteiger charge is 2.19. The number of esters is 3. The van der Waals surface area contributed by atoms with E-state index in [4.69, 9.17) is 14.2 Å². The molecule has 0 aromatic heterocycles. The van der Waals surface area contributed by atoms with Crippen molar-refractivity contribution in [2.75, 3.05) is 13.2 Å². The molecule has 0 aliphatic carbocycles. The van der Waals surface area contributed by atoms with Gasteiger partial charge in [0.2, 0.25) is 0 Å². The highest BCUT2D eigenvalue weighted by atomic mass is 16.6. The Morgan fingerprint density at radius 1 is 0.253 bits per heavy atom. The van der Waals surface area contributed by atoms with Gasteiger partial charge < -0.3 is 14.2 Å². The van der Waals surface area contributed by atoms with E-state index in [0.29, 0.717) is 19.3 Å². The average Bonchev–Trinajstić information content (AvgIpc) is 3.49. The molecule has 0 rings (SSSR count). The van der Waals surface area contributed by atoms with Crippen molar-refractivity contribution in [3.8, 4) is 0 Å². The molecule has 0 heterocycles. The summed E-state index contributed by atoms with van der Waals surface area (Å²) in [5.41, 5.74) is 0. The zero-order valence-electron chi connectivity index (χ0n) is 54.7. The summed E-state index contributed by atoms with van der Waals surface area (Å²) in [5, 5.41) is 0. The molecule has 476 valence electrons. The second-order valence-corrected chi connectivity index (χ2v) is 23.4. The van der Waals surface area contributed by atoms with Gasteiger partial charge in [0.25, 0.3) is 0 Å². The zero-order valence-corrected chi connectivity index (χ0v) is 54.7. The van der Waals surface area contributed by atoms with E-state index in [0.717, 1.165) is 116 Å². The van der Waals surface area contributed by atoms with Crippen LogP contribution in [0, 0.1) is 0 Å². The molecule has 6 nitrogen and oxygen atoms in total. The van der Waals surface area contributed by atoms with Crippen molar-refractivity contribution in [3.05, 3.63) is 109 Å². The van der Waals surface area contributed by atoms with E-state index >= 15 is 0 Å². The third-order valence-corrected chi connectivity index (χ3v) is 15.3. The summed E-state index contributed by atoms with van der Waals surface area (Å²) in [6.45, 7) is 6.42. The summed E-state index contributed by atoms with van der Waals surface area (Å²) >= 11 is 0. The molecular formula is C77H132O6. The van der Waals surface area contributed by atoms with E-state index in [-0.39, 0.29) is 31.1 Å². The first kappa shape index (κ1) is 79.1. The van der Waals surface area contributed by atoms with Crippen LogP contribution in [0.1, 0.15) is 342 Å². The van der Waals surface area contributed by atoms with Gasteiger partial charge in [0.05, 0.1) is 0 Å². The molecule has 0 saturated carbocycles. The Morgan fingerprint density at radius 3 is 0.759 bits per heavy atom. The number of unbranched alkanes of at least 4 members (excludes halogenated alkanes) is 35. The number of hydrogen-bond acceptors (Lipinski definition) is 6. The van der Waals surface area contributed by atoms with Gasteiger partial charge in [0.1, 0.15) is 13.2 Å². The maximum Gasteiger partial charge on any atom is 0.306 e. The van der Waals surface area contributed by atoms with Gasteiger partial charge >= 0.3 is 17.9 Å². The number of ether oxygens (including phenoxy) is 3. The van der Waals surface area contributed by atoms with Crippen molar-refractivity contribution in [2.24, 2.45) is 0 Å². The van der Waals surface area contributed by atoms with Crippen molar-refractivity contribution in [1.82, 2.24) is 0 Å². The van der Waals surface area contributed by atoms with Crippen molar-refractivity contribution < 1.29 is 28.6 Å². The van der Waals surface area contributed by atoms with Gasteiger partial charge in [-0.15, -0.1) is 0 Å². The first-order chi connectivity index (χ1) is 41.0. The maximum absolute atomic E-state index is 12.9. The van der Waals surface area contributed by atoms with Gasteiger partial charge in [0, 0.05) is 19.3 Å². The van der Waals surface area contributed by atoms with Crippen LogP contribution >= 0.6 is 0 Å². The van der Waals surface area contributed by atoms with Crippen LogP contribution in [0.15, 0.2) is 109 Å². The van der Waals surface area contributed by atoms with Crippen molar-refractivity contribution in [2.45, 2.75) is 348 Å². The summed E-state index contributed by atoms with van der Waals surface area (Å²) in [4.78, 5) is 38.4. The molecule has 0 radical (unpaired) electrons. The van der Waals surface area contributed by atoms with Crippen molar-refractivity contribution in [3.63, 3.8) is 0 Å². The number of carbonyl (C=O) groups is 3. The minimum absolute atomic E-state index is 0.0871. The number of rotatable bonds is 64. The fraction of sp³-hybridized carbons (Fsp3) is 0.727. The van der Waals surface area contributed by atoms with Crippen molar-refractivity contribution >= 4 is 17.9 Å². The minimum atomic E-state index is -0.794. The van der Waals surface area contributed by atoms with Crippen LogP contribution in [-0.2, 0) is 28.6 Å². The lowest BCUT2D eigenvalue weighted by molar-refractivity contribution is -0.167. The van der Waals surface area contributed by atoms with Gasteiger partial charge in [-0.05, 0) is 103 Å².